The van der Waals surface area contributed by atoms with Crippen LogP contribution in [0.25, 0.3) is 0 Å². The number of piperidine rings is 1. The fraction of sp³-hybridized carbons (Fsp3) is 0.588. The third-order valence-electron chi connectivity index (χ3n) is 4.71. The average molecular weight is 329 g/mol. The van der Waals surface area contributed by atoms with Crippen molar-refractivity contribution in [3.63, 3.8) is 0 Å². The molecule has 0 aromatic heterocycles. The van der Waals surface area contributed by atoms with Crippen LogP contribution in [0.3, 0.4) is 0 Å². The molecule has 1 aromatic carbocycles. The lowest BCUT2D eigenvalue weighted by Gasteiger charge is -2.41. The molecule has 0 spiro atoms. The maximum absolute atomic E-state index is 12.7. The number of carbonyl (C=O) groups excluding carboxylic acids is 1. The summed E-state index contributed by atoms with van der Waals surface area (Å²) in [5.74, 6) is -0.185. The van der Waals surface area contributed by atoms with Gasteiger partial charge >= 0.3 is 6.18 Å². The number of alkyl halides is 3. The molecule has 1 atom stereocenters. The van der Waals surface area contributed by atoms with Gasteiger partial charge < -0.3 is 10.0 Å². The Morgan fingerprint density at radius 2 is 2.13 bits per heavy atom. The molecule has 1 saturated heterocycles. The number of aliphatic hydroxyl groups is 1. The number of nitrogens with zero attached hydrogens (tertiary/aromatic N) is 1. The number of aliphatic hydroxyl groups excluding tert-OH is 1. The largest absolute Gasteiger partial charge is 0.416 e. The smallest absolute Gasteiger partial charge is 0.396 e. The molecule has 2 rings (SSSR count). The highest BCUT2D eigenvalue weighted by Crippen LogP contribution is 2.33. The van der Waals surface area contributed by atoms with Crippen LogP contribution in [0.1, 0.15) is 37.3 Å². The van der Waals surface area contributed by atoms with Crippen LogP contribution < -0.4 is 0 Å². The van der Waals surface area contributed by atoms with E-state index in [2.05, 4.69) is 0 Å². The molecule has 1 fully saturated rings. The number of amides is 1. The van der Waals surface area contributed by atoms with E-state index >= 15 is 0 Å². The highest BCUT2D eigenvalue weighted by atomic mass is 19.4. The topological polar surface area (TPSA) is 40.5 Å². The summed E-state index contributed by atoms with van der Waals surface area (Å²) in [5, 5.41) is 9.59. The molecule has 0 bridgehead atoms. The van der Waals surface area contributed by atoms with E-state index in [-0.39, 0.29) is 24.3 Å². The number of likely N-dealkylation sites (tertiary alicyclic amines) is 1. The highest BCUT2D eigenvalue weighted by molar-refractivity contribution is 5.79. The Labute approximate surface area is 134 Å². The second-order valence-corrected chi connectivity index (χ2v) is 6.31. The maximum Gasteiger partial charge on any atom is 0.416 e. The number of carbonyl (C=O) groups is 1. The molecule has 0 radical (unpaired) electrons. The minimum absolute atomic E-state index is 0.0246. The first-order valence-corrected chi connectivity index (χ1v) is 7.84. The molecule has 0 aliphatic carbocycles. The molecule has 1 heterocycles. The molecule has 23 heavy (non-hydrogen) atoms. The maximum atomic E-state index is 12.7. The zero-order valence-electron chi connectivity index (χ0n) is 13.2. The molecule has 1 N–H and O–H groups in total. The first kappa shape index (κ1) is 17.8. The van der Waals surface area contributed by atoms with Gasteiger partial charge in [-0.15, -0.1) is 0 Å². The van der Waals surface area contributed by atoms with Gasteiger partial charge in [-0.05, 0) is 30.9 Å². The van der Waals surface area contributed by atoms with E-state index in [0.29, 0.717) is 18.7 Å². The lowest BCUT2D eigenvalue weighted by atomic mass is 9.78. The Bertz CT molecular complexity index is 553. The first-order chi connectivity index (χ1) is 10.8. The van der Waals surface area contributed by atoms with Gasteiger partial charge in [-0.2, -0.15) is 13.2 Å². The lowest BCUT2D eigenvalue weighted by molar-refractivity contribution is -0.138. The zero-order valence-corrected chi connectivity index (χ0v) is 13.2. The third kappa shape index (κ3) is 4.25. The van der Waals surface area contributed by atoms with Crippen molar-refractivity contribution < 1.29 is 23.1 Å². The fourth-order valence-electron chi connectivity index (χ4n) is 3.09. The fourth-order valence-corrected chi connectivity index (χ4v) is 3.09. The van der Waals surface area contributed by atoms with Gasteiger partial charge in [0.15, 0.2) is 0 Å². The second kappa shape index (κ2) is 6.91. The van der Waals surface area contributed by atoms with E-state index in [9.17, 15) is 23.1 Å². The normalized spacial score (nSPS) is 22.2. The summed E-state index contributed by atoms with van der Waals surface area (Å²) in [7, 11) is 0. The van der Waals surface area contributed by atoms with Gasteiger partial charge in [-0.3, -0.25) is 4.79 Å². The van der Waals surface area contributed by atoms with Gasteiger partial charge in [0, 0.05) is 18.5 Å². The number of hydrogen-bond donors (Lipinski definition) is 1. The van der Waals surface area contributed by atoms with Crippen molar-refractivity contribution in [1.82, 2.24) is 4.90 Å². The predicted molar refractivity (Wildman–Crippen MR) is 80.8 cm³/mol. The van der Waals surface area contributed by atoms with Crippen LogP contribution in [-0.2, 0) is 17.4 Å². The Morgan fingerprint density at radius 1 is 1.39 bits per heavy atom. The number of benzene rings is 1. The second-order valence-electron chi connectivity index (χ2n) is 6.31. The highest BCUT2D eigenvalue weighted by Gasteiger charge is 2.35. The van der Waals surface area contributed by atoms with E-state index in [1.54, 1.807) is 4.90 Å². The molecular formula is C17H22F3NO2. The Hall–Kier alpha value is -1.56. The van der Waals surface area contributed by atoms with E-state index in [1.807, 2.05) is 6.92 Å². The van der Waals surface area contributed by atoms with Gasteiger partial charge in [0.1, 0.15) is 0 Å². The van der Waals surface area contributed by atoms with Gasteiger partial charge in [0.05, 0.1) is 18.6 Å². The summed E-state index contributed by atoms with van der Waals surface area (Å²) >= 11 is 0. The van der Waals surface area contributed by atoms with Crippen molar-refractivity contribution in [2.24, 2.45) is 5.41 Å². The van der Waals surface area contributed by atoms with Crippen LogP contribution >= 0.6 is 0 Å². The van der Waals surface area contributed by atoms with Crippen LogP contribution in [0.2, 0.25) is 0 Å². The summed E-state index contributed by atoms with van der Waals surface area (Å²) in [5.41, 5.74) is -0.650. The summed E-state index contributed by atoms with van der Waals surface area (Å²) in [6.45, 7) is 3.07. The number of rotatable bonds is 4. The molecule has 3 nitrogen and oxygen atoms in total. The van der Waals surface area contributed by atoms with Crippen molar-refractivity contribution in [2.45, 2.75) is 38.8 Å². The molecule has 1 aromatic rings. The summed E-state index contributed by atoms with van der Waals surface area (Å²) in [6, 6.07) is 4.89. The monoisotopic (exact) mass is 329 g/mol. The molecule has 128 valence electrons. The minimum atomic E-state index is -4.40. The quantitative estimate of drug-likeness (QED) is 0.921. The molecule has 0 saturated carbocycles. The molecule has 1 unspecified atom stereocenters. The van der Waals surface area contributed by atoms with E-state index < -0.39 is 11.7 Å². The van der Waals surface area contributed by atoms with Gasteiger partial charge in [-0.25, -0.2) is 0 Å². The zero-order chi connectivity index (χ0) is 17.1. The van der Waals surface area contributed by atoms with Crippen molar-refractivity contribution >= 4 is 5.91 Å². The Balaban J connectivity index is 2.07. The number of halogens is 3. The van der Waals surface area contributed by atoms with E-state index in [0.717, 1.165) is 31.4 Å². The molecule has 1 aliphatic rings. The Kier molecular flexibility index (Phi) is 5.34. The van der Waals surface area contributed by atoms with E-state index in [1.165, 1.54) is 12.1 Å². The minimum Gasteiger partial charge on any atom is -0.396 e. The van der Waals surface area contributed by atoms with Crippen LogP contribution in [0.4, 0.5) is 13.2 Å². The van der Waals surface area contributed by atoms with Crippen molar-refractivity contribution in [2.75, 3.05) is 19.7 Å². The van der Waals surface area contributed by atoms with Crippen LogP contribution in [0.15, 0.2) is 24.3 Å². The van der Waals surface area contributed by atoms with Crippen molar-refractivity contribution in [1.29, 1.82) is 0 Å². The van der Waals surface area contributed by atoms with Crippen LogP contribution in [0.5, 0.6) is 0 Å². The SMILES string of the molecule is CCC1(CO)CCCN(C(=O)Cc2cccc(C(F)(F)F)c2)C1. The Morgan fingerprint density at radius 3 is 2.74 bits per heavy atom. The molecule has 1 aliphatic heterocycles. The summed E-state index contributed by atoms with van der Waals surface area (Å²) in [6.07, 6.45) is -2.00. The summed E-state index contributed by atoms with van der Waals surface area (Å²) < 4.78 is 38.2. The lowest BCUT2D eigenvalue weighted by Crippen LogP contribution is -2.48. The molecular weight excluding hydrogens is 307 g/mol. The van der Waals surface area contributed by atoms with Gasteiger partial charge in [0.2, 0.25) is 5.91 Å². The standard InChI is InChI=1S/C17H22F3NO2/c1-2-16(12-22)7-4-8-21(11-16)15(23)10-13-5-3-6-14(9-13)17(18,19)20/h3,5-6,9,22H,2,4,7-8,10-12H2,1H3. The van der Waals surface area contributed by atoms with E-state index in [4.69, 9.17) is 0 Å². The first-order valence-electron chi connectivity index (χ1n) is 7.84. The molecule has 6 heteroatoms. The number of hydrogen-bond acceptors (Lipinski definition) is 2. The van der Waals surface area contributed by atoms with Gasteiger partial charge in [-0.1, -0.05) is 25.1 Å². The van der Waals surface area contributed by atoms with Crippen molar-refractivity contribution in [3.05, 3.63) is 35.4 Å². The average Bonchev–Trinajstić information content (AvgIpc) is 2.54. The van der Waals surface area contributed by atoms with Gasteiger partial charge in [0.25, 0.3) is 0 Å². The van der Waals surface area contributed by atoms with Crippen LogP contribution in [-0.4, -0.2) is 35.6 Å². The molecule has 1 amide bonds. The third-order valence-corrected chi connectivity index (χ3v) is 4.71. The van der Waals surface area contributed by atoms with Crippen LogP contribution in [0, 0.1) is 5.41 Å². The van der Waals surface area contributed by atoms with Crippen molar-refractivity contribution in [3.8, 4) is 0 Å². The summed E-state index contributed by atoms with van der Waals surface area (Å²) in [4.78, 5) is 14.1. The predicted octanol–water partition coefficient (Wildman–Crippen LogP) is 3.26.